The summed E-state index contributed by atoms with van der Waals surface area (Å²) in [5, 5.41) is 20.1. The first kappa shape index (κ1) is 29.9. The molecule has 0 rings (SSSR count). The Bertz CT molecular complexity index is 341. The van der Waals surface area contributed by atoms with Gasteiger partial charge < -0.3 is 19.8 Å². The van der Waals surface area contributed by atoms with Gasteiger partial charge in [-0.3, -0.25) is 0 Å². The van der Waals surface area contributed by atoms with Crippen LogP contribution in [0.2, 0.25) is 0 Å². The van der Waals surface area contributed by atoms with E-state index in [1.807, 2.05) is 0 Å². The SMILES string of the molecule is CC(C)(C)CCCCC(=O)[O-].CC(C)(C)CCCCCCC(=O)[O-].[Ca+2]. The van der Waals surface area contributed by atoms with Gasteiger partial charge in [0.15, 0.2) is 0 Å². The monoisotopic (exact) mass is 382 g/mol. The summed E-state index contributed by atoms with van der Waals surface area (Å²) in [4.78, 5) is 20.1. The van der Waals surface area contributed by atoms with E-state index >= 15 is 0 Å². The Morgan fingerprint density at radius 3 is 1.20 bits per heavy atom. The summed E-state index contributed by atoms with van der Waals surface area (Å²) >= 11 is 0. The van der Waals surface area contributed by atoms with Crippen LogP contribution in [0.25, 0.3) is 0 Å². The molecule has 144 valence electrons. The second-order valence-corrected chi connectivity index (χ2v) is 8.99. The van der Waals surface area contributed by atoms with Crippen molar-refractivity contribution in [3.8, 4) is 0 Å². The van der Waals surface area contributed by atoms with E-state index in [0.29, 0.717) is 10.8 Å². The van der Waals surface area contributed by atoms with Crippen molar-refractivity contribution < 1.29 is 19.8 Å². The molecular weight excluding hydrogens is 344 g/mol. The van der Waals surface area contributed by atoms with E-state index in [9.17, 15) is 19.8 Å². The van der Waals surface area contributed by atoms with Crippen LogP contribution in [0.15, 0.2) is 0 Å². The molecule has 0 saturated heterocycles. The molecule has 0 bridgehead atoms. The molecule has 0 aromatic carbocycles. The fourth-order valence-electron chi connectivity index (χ4n) is 2.20. The van der Waals surface area contributed by atoms with Crippen molar-refractivity contribution in [2.24, 2.45) is 10.8 Å². The second kappa shape index (κ2) is 16.4. The predicted octanol–water partition coefficient (Wildman–Crippen LogP) is 3.09. The molecule has 5 heteroatoms. The maximum Gasteiger partial charge on any atom is 2.00 e. The van der Waals surface area contributed by atoms with Crippen molar-refractivity contribution in [2.75, 3.05) is 0 Å². The first-order valence-corrected chi connectivity index (χ1v) is 9.23. The van der Waals surface area contributed by atoms with Crippen molar-refractivity contribution >= 4 is 49.7 Å². The summed E-state index contributed by atoms with van der Waals surface area (Å²) < 4.78 is 0. The van der Waals surface area contributed by atoms with Crippen LogP contribution in [0.5, 0.6) is 0 Å². The Balaban J connectivity index is -0.000000377. The van der Waals surface area contributed by atoms with Crippen LogP contribution in [-0.2, 0) is 9.59 Å². The van der Waals surface area contributed by atoms with Crippen molar-refractivity contribution in [1.29, 1.82) is 0 Å². The number of carboxylic acids is 2. The average Bonchev–Trinajstić information content (AvgIpc) is 2.37. The van der Waals surface area contributed by atoms with Gasteiger partial charge in [0.05, 0.1) is 0 Å². The number of aliphatic carboxylic acids is 2. The van der Waals surface area contributed by atoms with Crippen molar-refractivity contribution in [2.45, 2.75) is 106 Å². The Labute approximate surface area is 185 Å². The van der Waals surface area contributed by atoms with Gasteiger partial charge in [-0.05, 0) is 49.4 Å². The van der Waals surface area contributed by atoms with E-state index < -0.39 is 11.9 Å². The minimum atomic E-state index is -0.932. The molecule has 0 aliphatic heterocycles. The summed E-state index contributed by atoms with van der Waals surface area (Å²) in [6.07, 6.45) is 8.60. The zero-order valence-electron chi connectivity index (χ0n) is 17.4. The summed E-state index contributed by atoms with van der Waals surface area (Å²) in [5.74, 6) is -1.85. The normalized spacial score (nSPS) is 11.1. The van der Waals surface area contributed by atoms with Crippen LogP contribution in [0.4, 0.5) is 0 Å². The fourth-order valence-corrected chi connectivity index (χ4v) is 2.20. The molecule has 0 saturated carbocycles. The van der Waals surface area contributed by atoms with Crippen LogP contribution in [-0.4, -0.2) is 49.7 Å². The van der Waals surface area contributed by atoms with Gasteiger partial charge in [-0.2, -0.15) is 0 Å². The molecule has 4 nitrogen and oxygen atoms in total. The van der Waals surface area contributed by atoms with Gasteiger partial charge in [-0.15, -0.1) is 0 Å². The number of unbranched alkanes of at least 4 members (excludes halogenated alkanes) is 4. The van der Waals surface area contributed by atoms with Crippen molar-refractivity contribution in [3.05, 3.63) is 0 Å². The maximum absolute atomic E-state index is 10.1. The van der Waals surface area contributed by atoms with Gasteiger partial charge in [0, 0.05) is 11.9 Å². The Hall–Kier alpha value is 0.200. The number of carbonyl (C=O) groups excluding carboxylic acids is 2. The molecule has 0 amide bonds. The number of rotatable bonds is 10. The molecule has 0 fully saturated rings. The van der Waals surface area contributed by atoms with E-state index in [-0.39, 0.29) is 50.6 Å². The van der Waals surface area contributed by atoms with E-state index in [0.717, 1.165) is 38.5 Å². The third-order valence-electron chi connectivity index (χ3n) is 3.62. The van der Waals surface area contributed by atoms with Crippen LogP contribution >= 0.6 is 0 Å². The van der Waals surface area contributed by atoms with E-state index in [4.69, 9.17) is 0 Å². The minimum absolute atomic E-state index is 0. The second-order valence-electron chi connectivity index (χ2n) is 8.99. The largest absolute Gasteiger partial charge is 2.00 e. The van der Waals surface area contributed by atoms with Gasteiger partial charge in [0.2, 0.25) is 0 Å². The standard InChI is InChI=1S/C11H22O2.C9H18O2.Ca/c1-11(2,3)9-7-5-4-6-8-10(12)13;1-9(2,3)7-5-4-6-8(10)11;/h4-9H2,1-3H3,(H,12,13);4-7H2,1-3H3,(H,10,11);/q;;+2/p-2. The molecule has 0 spiro atoms. The Morgan fingerprint density at radius 1 is 0.600 bits per heavy atom. The molecule has 0 aliphatic carbocycles. The number of carboxylic acid groups (broad SMARTS) is 2. The number of hydrogen-bond donors (Lipinski definition) is 0. The van der Waals surface area contributed by atoms with Crippen molar-refractivity contribution in [3.63, 3.8) is 0 Å². The van der Waals surface area contributed by atoms with Crippen LogP contribution in [0.1, 0.15) is 106 Å². The quantitative estimate of drug-likeness (QED) is 0.429. The minimum Gasteiger partial charge on any atom is -0.550 e. The Kier molecular flexibility index (Phi) is 19.6. The molecule has 0 aromatic heterocycles. The molecular formula is C20H38CaO4. The first-order chi connectivity index (χ1) is 10.8. The third kappa shape index (κ3) is 36.0. The molecule has 0 aromatic rings. The molecule has 0 radical (unpaired) electrons. The van der Waals surface area contributed by atoms with Gasteiger partial charge >= 0.3 is 37.7 Å². The van der Waals surface area contributed by atoms with E-state index in [2.05, 4.69) is 41.5 Å². The van der Waals surface area contributed by atoms with Crippen LogP contribution in [0, 0.1) is 10.8 Å². The van der Waals surface area contributed by atoms with Crippen LogP contribution in [0.3, 0.4) is 0 Å². The topological polar surface area (TPSA) is 80.3 Å². The van der Waals surface area contributed by atoms with Crippen molar-refractivity contribution in [1.82, 2.24) is 0 Å². The maximum atomic E-state index is 10.1. The smallest absolute Gasteiger partial charge is 0.550 e. The van der Waals surface area contributed by atoms with E-state index in [1.54, 1.807) is 0 Å². The summed E-state index contributed by atoms with van der Waals surface area (Å²) in [6.45, 7) is 13.2. The molecule has 0 aliphatic rings. The molecule has 0 unspecified atom stereocenters. The van der Waals surface area contributed by atoms with Gasteiger partial charge in [-0.25, -0.2) is 0 Å². The first-order valence-electron chi connectivity index (χ1n) is 9.23. The van der Waals surface area contributed by atoms with Gasteiger partial charge in [-0.1, -0.05) is 67.2 Å². The Morgan fingerprint density at radius 2 is 0.880 bits per heavy atom. The summed E-state index contributed by atoms with van der Waals surface area (Å²) in [7, 11) is 0. The molecule has 0 atom stereocenters. The number of hydrogen-bond acceptors (Lipinski definition) is 4. The predicted molar refractivity (Wildman–Crippen MR) is 101 cm³/mol. The number of carbonyl (C=O) groups is 2. The fraction of sp³-hybridized carbons (Fsp3) is 0.900. The molecule has 25 heavy (non-hydrogen) atoms. The van der Waals surface area contributed by atoms with E-state index in [1.165, 1.54) is 12.8 Å². The average molecular weight is 383 g/mol. The molecule has 0 heterocycles. The molecule has 0 N–H and O–H groups in total. The zero-order valence-corrected chi connectivity index (χ0v) is 19.6. The third-order valence-corrected chi connectivity index (χ3v) is 3.62. The van der Waals surface area contributed by atoms with Crippen LogP contribution < -0.4 is 10.2 Å². The van der Waals surface area contributed by atoms with Gasteiger partial charge in [0.25, 0.3) is 0 Å². The summed E-state index contributed by atoms with van der Waals surface area (Å²) in [5.41, 5.74) is 0.736. The zero-order chi connectivity index (χ0) is 19.2. The summed E-state index contributed by atoms with van der Waals surface area (Å²) in [6, 6.07) is 0. The van der Waals surface area contributed by atoms with Gasteiger partial charge in [0.1, 0.15) is 0 Å².